The molecule has 0 saturated heterocycles. The van der Waals surface area contributed by atoms with Crippen molar-refractivity contribution in [1.29, 1.82) is 0 Å². The smallest absolute Gasteiger partial charge is 0.167 e. The van der Waals surface area contributed by atoms with E-state index in [1.807, 2.05) is 43.3 Å². The third-order valence-corrected chi connectivity index (χ3v) is 3.65. The van der Waals surface area contributed by atoms with Crippen molar-refractivity contribution in [3.63, 3.8) is 0 Å². The highest BCUT2D eigenvalue weighted by atomic mass is 35.5. The summed E-state index contributed by atoms with van der Waals surface area (Å²) in [5.41, 5.74) is 2.42. The van der Waals surface area contributed by atoms with Crippen LogP contribution >= 0.6 is 23.2 Å². The van der Waals surface area contributed by atoms with Crippen LogP contribution in [0.4, 0.5) is 5.69 Å². The van der Waals surface area contributed by atoms with E-state index < -0.39 is 0 Å². The van der Waals surface area contributed by atoms with Crippen molar-refractivity contribution in [3.8, 4) is 0 Å². The molecule has 20 heavy (non-hydrogen) atoms. The van der Waals surface area contributed by atoms with Gasteiger partial charge in [0, 0.05) is 41.8 Å². The molecule has 0 heterocycles. The maximum atomic E-state index is 12.3. The molecular formula is C16H15Cl2NO. The van der Waals surface area contributed by atoms with E-state index in [2.05, 4.69) is 0 Å². The van der Waals surface area contributed by atoms with Gasteiger partial charge in [0.1, 0.15) is 0 Å². The van der Waals surface area contributed by atoms with Gasteiger partial charge in [-0.1, -0.05) is 35.3 Å². The standard InChI is InChI=1S/C16H15Cl2NO/c1-19(2)14-5-3-4-11(9-14)16(20)10-12-8-13(17)6-7-15(12)18/h3-9H,10H2,1-2H3. The second-order valence-corrected chi connectivity index (χ2v) is 5.62. The molecule has 2 aromatic carbocycles. The van der Waals surface area contributed by atoms with E-state index in [0.29, 0.717) is 15.6 Å². The summed E-state index contributed by atoms with van der Waals surface area (Å²) >= 11 is 12.0. The third kappa shape index (κ3) is 3.53. The first-order valence-corrected chi connectivity index (χ1v) is 6.97. The quantitative estimate of drug-likeness (QED) is 0.776. The molecule has 0 aliphatic rings. The Balaban J connectivity index is 2.24. The average Bonchev–Trinajstić information content (AvgIpc) is 2.43. The number of ketones is 1. The molecule has 2 aromatic rings. The van der Waals surface area contributed by atoms with Crippen LogP contribution in [0.3, 0.4) is 0 Å². The number of carbonyl (C=O) groups is 1. The fraction of sp³-hybridized carbons (Fsp3) is 0.188. The molecule has 0 N–H and O–H groups in total. The number of nitrogens with zero attached hydrogens (tertiary/aromatic N) is 1. The third-order valence-electron chi connectivity index (χ3n) is 3.04. The largest absolute Gasteiger partial charge is 0.378 e. The molecule has 104 valence electrons. The van der Waals surface area contributed by atoms with Crippen molar-refractivity contribution < 1.29 is 4.79 Å². The van der Waals surface area contributed by atoms with Crippen molar-refractivity contribution in [2.45, 2.75) is 6.42 Å². The first kappa shape index (κ1) is 14.9. The normalized spacial score (nSPS) is 10.4. The Kier molecular flexibility index (Phi) is 4.69. The number of hydrogen-bond acceptors (Lipinski definition) is 2. The molecule has 2 nitrogen and oxygen atoms in total. The summed E-state index contributed by atoms with van der Waals surface area (Å²) < 4.78 is 0. The van der Waals surface area contributed by atoms with E-state index in [9.17, 15) is 4.79 Å². The predicted molar refractivity (Wildman–Crippen MR) is 85.3 cm³/mol. The van der Waals surface area contributed by atoms with Gasteiger partial charge in [0.15, 0.2) is 5.78 Å². The van der Waals surface area contributed by atoms with E-state index in [1.54, 1.807) is 18.2 Å². The van der Waals surface area contributed by atoms with Crippen LogP contribution in [-0.2, 0) is 6.42 Å². The Morgan fingerprint density at radius 2 is 1.85 bits per heavy atom. The van der Waals surface area contributed by atoms with Crippen LogP contribution in [0.2, 0.25) is 10.0 Å². The molecule has 0 aromatic heterocycles. The summed E-state index contributed by atoms with van der Waals surface area (Å²) in [6.07, 6.45) is 0.246. The molecule has 0 bridgehead atoms. The molecule has 4 heteroatoms. The number of rotatable bonds is 4. The van der Waals surface area contributed by atoms with Gasteiger partial charge in [0.05, 0.1) is 0 Å². The number of benzene rings is 2. The molecule has 0 amide bonds. The first-order chi connectivity index (χ1) is 9.47. The van der Waals surface area contributed by atoms with Gasteiger partial charge in [-0.05, 0) is 35.9 Å². The van der Waals surface area contributed by atoms with Crippen LogP contribution in [-0.4, -0.2) is 19.9 Å². The molecule has 0 saturated carbocycles. The van der Waals surface area contributed by atoms with Crippen LogP contribution < -0.4 is 4.90 Å². The maximum Gasteiger partial charge on any atom is 0.167 e. The zero-order valence-corrected chi connectivity index (χ0v) is 12.9. The molecule has 0 fully saturated rings. The fourth-order valence-electron chi connectivity index (χ4n) is 1.91. The molecule has 0 atom stereocenters. The number of carbonyl (C=O) groups excluding carboxylic acids is 1. The lowest BCUT2D eigenvalue weighted by Gasteiger charge is -2.13. The van der Waals surface area contributed by atoms with Gasteiger partial charge in [-0.2, -0.15) is 0 Å². The molecule has 2 rings (SSSR count). The Morgan fingerprint density at radius 3 is 2.55 bits per heavy atom. The minimum atomic E-state index is 0.0258. The van der Waals surface area contributed by atoms with Gasteiger partial charge in [-0.25, -0.2) is 0 Å². The summed E-state index contributed by atoms with van der Waals surface area (Å²) in [7, 11) is 3.88. The second-order valence-electron chi connectivity index (χ2n) is 4.78. The predicted octanol–water partition coefficient (Wildman–Crippen LogP) is 4.48. The topological polar surface area (TPSA) is 20.3 Å². The van der Waals surface area contributed by atoms with Crippen molar-refractivity contribution >= 4 is 34.7 Å². The van der Waals surface area contributed by atoms with Gasteiger partial charge in [0.25, 0.3) is 0 Å². The molecule has 0 spiro atoms. The average molecular weight is 308 g/mol. The fourth-order valence-corrected chi connectivity index (χ4v) is 2.29. The van der Waals surface area contributed by atoms with Gasteiger partial charge < -0.3 is 4.90 Å². The highest BCUT2D eigenvalue weighted by molar-refractivity contribution is 6.33. The van der Waals surface area contributed by atoms with Crippen LogP contribution in [0.25, 0.3) is 0 Å². The van der Waals surface area contributed by atoms with Gasteiger partial charge in [0.2, 0.25) is 0 Å². The van der Waals surface area contributed by atoms with Gasteiger partial charge >= 0.3 is 0 Å². The Hall–Kier alpha value is -1.51. The van der Waals surface area contributed by atoms with Crippen LogP contribution in [0.1, 0.15) is 15.9 Å². The van der Waals surface area contributed by atoms with E-state index in [0.717, 1.165) is 11.3 Å². The monoisotopic (exact) mass is 307 g/mol. The zero-order valence-electron chi connectivity index (χ0n) is 11.4. The van der Waals surface area contributed by atoms with Gasteiger partial charge in [-0.15, -0.1) is 0 Å². The SMILES string of the molecule is CN(C)c1cccc(C(=O)Cc2cc(Cl)ccc2Cl)c1. The molecular weight excluding hydrogens is 293 g/mol. The van der Waals surface area contributed by atoms with E-state index in [-0.39, 0.29) is 12.2 Å². The lowest BCUT2D eigenvalue weighted by atomic mass is 10.0. The van der Waals surface area contributed by atoms with E-state index in [1.165, 1.54) is 0 Å². The Bertz CT molecular complexity index is 638. The molecule has 0 aliphatic heterocycles. The maximum absolute atomic E-state index is 12.3. The number of anilines is 1. The minimum Gasteiger partial charge on any atom is -0.378 e. The van der Waals surface area contributed by atoms with E-state index >= 15 is 0 Å². The summed E-state index contributed by atoms with van der Waals surface area (Å²) in [4.78, 5) is 14.3. The summed E-state index contributed by atoms with van der Waals surface area (Å²) in [6, 6.07) is 12.7. The lowest BCUT2D eigenvalue weighted by Crippen LogP contribution is -2.10. The molecule has 0 radical (unpaired) electrons. The zero-order chi connectivity index (χ0) is 14.7. The van der Waals surface area contributed by atoms with Crippen molar-refractivity contribution in [2.75, 3.05) is 19.0 Å². The molecule has 0 unspecified atom stereocenters. The summed E-state index contributed by atoms with van der Waals surface area (Å²) in [6.45, 7) is 0. The second kappa shape index (κ2) is 6.29. The van der Waals surface area contributed by atoms with Crippen molar-refractivity contribution in [3.05, 3.63) is 63.6 Å². The van der Waals surface area contributed by atoms with Crippen molar-refractivity contribution in [1.82, 2.24) is 0 Å². The minimum absolute atomic E-state index is 0.0258. The van der Waals surface area contributed by atoms with Gasteiger partial charge in [-0.3, -0.25) is 4.79 Å². The molecule has 0 aliphatic carbocycles. The first-order valence-electron chi connectivity index (χ1n) is 6.22. The van der Waals surface area contributed by atoms with Crippen LogP contribution in [0.5, 0.6) is 0 Å². The number of hydrogen-bond donors (Lipinski definition) is 0. The lowest BCUT2D eigenvalue weighted by molar-refractivity contribution is 0.0993. The Morgan fingerprint density at radius 1 is 1.10 bits per heavy atom. The highest BCUT2D eigenvalue weighted by Crippen LogP contribution is 2.23. The number of Topliss-reactive ketones (excluding diaryl/α,β-unsaturated/α-hetero) is 1. The number of halogens is 2. The van der Waals surface area contributed by atoms with E-state index in [4.69, 9.17) is 23.2 Å². The van der Waals surface area contributed by atoms with Crippen LogP contribution in [0, 0.1) is 0 Å². The summed E-state index contributed by atoms with van der Waals surface area (Å²) in [5, 5.41) is 1.14. The Labute approximate surface area is 128 Å². The van der Waals surface area contributed by atoms with Crippen LogP contribution in [0.15, 0.2) is 42.5 Å². The summed E-state index contributed by atoms with van der Waals surface area (Å²) in [5.74, 6) is 0.0258. The highest BCUT2D eigenvalue weighted by Gasteiger charge is 2.11. The van der Waals surface area contributed by atoms with Crippen molar-refractivity contribution in [2.24, 2.45) is 0 Å².